The van der Waals surface area contributed by atoms with Gasteiger partial charge in [-0.25, -0.2) is 0 Å². The van der Waals surface area contributed by atoms with Crippen LogP contribution in [-0.4, -0.2) is 16.4 Å². The molecule has 2 N–H and O–H groups in total. The Labute approximate surface area is 245 Å². The molecule has 1 aliphatic carbocycles. The molecule has 0 fully saturated rings. The number of aryl methyl sites for hydroxylation is 2. The van der Waals surface area contributed by atoms with Crippen LogP contribution in [0.3, 0.4) is 0 Å². The van der Waals surface area contributed by atoms with Gasteiger partial charge in [-0.1, -0.05) is 24.3 Å². The van der Waals surface area contributed by atoms with Crippen LogP contribution in [0.15, 0.2) is 66.2 Å². The highest BCUT2D eigenvalue weighted by Crippen LogP contribution is 2.39. The Balaban J connectivity index is 1.50. The highest BCUT2D eigenvalue weighted by atomic mass is 32.1. The second-order valence-electron chi connectivity index (χ2n) is 10.1. The van der Waals surface area contributed by atoms with E-state index in [0.29, 0.717) is 16.8 Å². The highest BCUT2D eigenvalue weighted by molar-refractivity contribution is 7.15. The van der Waals surface area contributed by atoms with Crippen LogP contribution in [0, 0.1) is 25.2 Å². The lowest BCUT2D eigenvalue weighted by Gasteiger charge is -2.14. The summed E-state index contributed by atoms with van der Waals surface area (Å²) in [6, 6.07) is 17.2. The minimum Gasteiger partial charge on any atom is -0.322 e. The zero-order valence-corrected chi connectivity index (χ0v) is 23.7. The summed E-state index contributed by atoms with van der Waals surface area (Å²) in [4.78, 5) is 27.7. The Morgan fingerprint density at radius 3 is 2.40 bits per heavy atom. The number of alkyl halides is 3. The van der Waals surface area contributed by atoms with Gasteiger partial charge in [0.25, 0.3) is 11.8 Å². The number of fused-ring (bicyclic) bond motifs is 1. The first-order valence-corrected chi connectivity index (χ1v) is 14.2. The van der Waals surface area contributed by atoms with Crippen LogP contribution >= 0.6 is 11.3 Å². The molecule has 4 aromatic rings. The number of aromatic nitrogens is 1. The number of para-hydroxylation sites is 1. The summed E-state index contributed by atoms with van der Waals surface area (Å²) in [5.41, 5.74) is 3.25. The van der Waals surface area contributed by atoms with Crippen molar-refractivity contribution >= 4 is 40.6 Å². The van der Waals surface area contributed by atoms with E-state index in [2.05, 4.69) is 10.6 Å². The Morgan fingerprint density at radius 2 is 1.69 bits per heavy atom. The number of amides is 2. The number of halogens is 3. The summed E-state index contributed by atoms with van der Waals surface area (Å²) in [5, 5.41) is 15.9. The van der Waals surface area contributed by atoms with Gasteiger partial charge in [0.15, 0.2) is 0 Å². The molecule has 1 aliphatic rings. The minimum absolute atomic E-state index is 0.0697. The first-order valence-electron chi connectivity index (χ1n) is 13.4. The van der Waals surface area contributed by atoms with Crippen LogP contribution in [-0.2, 0) is 23.8 Å². The van der Waals surface area contributed by atoms with E-state index in [1.165, 1.54) is 23.1 Å². The van der Waals surface area contributed by atoms with Gasteiger partial charge in [0, 0.05) is 27.6 Å². The van der Waals surface area contributed by atoms with E-state index in [1.54, 1.807) is 11.3 Å². The number of carbonyl (C=O) groups excluding carboxylic acids is 2. The molecule has 42 heavy (non-hydrogen) atoms. The quantitative estimate of drug-likeness (QED) is 0.178. The maximum atomic E-state index is 13.6. The molecule has 2 amide bonds. The fraction of sp³-hybridized carbons (Fsp3) is 0.219. The first kappa shape index (κ1) is 28.9. The number of nitrogens with one attached hydrogen (secondary N) is 2. The second-order valence-corrected chi connectivity index (χ2v) is 11.2. The van der Waals surface area contributed by atoms with Gasteiger partial charge in [-0.05, 0) is 93.1 Å². The SMILES string of the molecule is Cc1cc(/C=C(/C#N)C(=O)Nc2cccc(C(F)(F)F)c2)c(C)n1-c1sc2c(c1C(=O)Nc1ccccc1)CCCC2. The Hall–Kier alpha value is -4.62. The number of thiophene rings is 1. The van der Waals surface area contributed by atoms with Crippen molar-refractivity contribution in [2.24, 2.45) is 0 Å². The third kappa shape index (κ3) is 5.87. The molecule has 2 heterocycles. The summed E-state index contributed by atoms with van der Waals surface area (Å²) in [7, 11) is 0. The van der Waals surface area contributed by atoms with Crippen molar-refractivity contribution in [1.29, 1.82) is 5.26 Å². The molecule has 2 aromatic carbocycles. The van der Waals surface area contributed by atoms with E-state index >= 15 is 0 Å². The number of rotatable bonds is 6. The second kappa shape index (κ2) is 11.7. The van der Waals surface area contributed by atoms with Gasteiger partial charge in [0.05, 0.1) is 11.1 Å². The monoisotopic (exact) mass is 588 g/mol. The molecule has 0 bridgehead atoms. The number of benzene rings is 2. The first-order chi connectivity index (χ1) is 20.1. The minimum atomic E-state index is -4.57. The maximum absolute atomic E-state index is 13.6. The van der Waals surface area contributed by atoms with Crippen LogP contribution in [0.5, 0.6) is 0 Å². The van der Waals surface area contributed by atoms with Crippen LogP contribution in [0.4, 0.5) is 24.5 Å². The summed E-state index contributed by atoms with van der Waals surface area (Å²) >= 11 is 1.58. The lowest BCUT2D eigenvalue weighted by Crippen LogP contribution is -2.17. The molecule has 0 spiro atoms. The van der Waals surface area contributed by atoms with Crippen molar-refractivity contribution in [3.05, 3.63) is 105 Å². The molecular formula is C32H27F3N4O2S. The fourth-order valence-corrected chi connectivity index (χ4v) is 6.68. The summed E-state index contributed by atoms with van der Waals surface area (Å²) in [5.74, 6) is -1.02. The molecule has 6 nitrogen and oxygen atoms in total. The van der Waals surface area contributed by atoms with Crippen molar-refractivity contribution in [2.45, 2.75) is 45.7 Å². The van der Waals surface area contributed by atoms with E-state index in [-0.39, 0.29) is 17.2 Å². The number of hydrogen-bond acceptors (Lipinski definition) is 4. The molecule has 214 valence electrons. The molecule has 0 saturated heterocycles. The van der Waals surface area contributed by atoms with Crippen molar-refractivity contribution in [1.82, 2.24) is 4.57 Å². The molecule has 0 radical (unpaired) electrons. The van der Waals surface area contributed by atoms with Crippen molar-refractivity contribution in [2.75, 3.05) is 10.6 Å². The van der Waals surface area contributed by atoms with Gasteiger partial charge in [-0.15, -0.1) is 11.3 Å². The highest BCUT2D eigenvalue weighted by Gasteiger charge is 2.31. The number of anilines is 2. The van der Waals surface area contributed by atoms with E-state index in [9.17, 15) is 28.0 Å². The Morgan fingerprint density at radius 1 is 0.976 bits per heavy atom. The maximum Gasteiger partial charge on any atom is 0.416 e. The van der Waals surface area contributed by atoms with E-state index < -0.39 is 17.6 Å². The van der Waals surface area contributed by atoms with E-state index in [4.69, 9.17) is 0 Å². The number of nitriles is 1. The third-order valence-electron chi connectivity index (χ3n) is 7.20. The summed E-state index contributed by atoms with van der Waals surface area (Å²) < 4.78 is 41.3. The van der Waals surface area contributed by atoms with Crippen molar-refractivity contribution in [3.63, 3.8) is 0 Å². The lowest BCUT2D eigenvalue weighted by atomic mass is 9.95. The number of carbonyl (C=O) groups is 2. The van der Waals surface area contributed by atoms with Crippen LogP contribution in [0.2, 0.25) is 0 Å². The van der Waals surface area contributed by atoms with E-state index in [0.717, 1.165) is 59.8 Å². The van der Waals surface area contributed by atoms with Gasteiger partial charge in [0.1, 0.15) is 16.6 Å². The Kier molecular flexibility index (Phi) is 8.05. The van der Waals surface area contributed by atoms with Crippen LogP contribution < -0.4 is 10.6 Å². The molecule has 10 heteroatoms. The number of hydrogen-bond donors (Lipinski definition) is 2. The zero-order chi connectivity index (χ0) is 30.0. The zero-order valence-electron chi connectivity index (χ0n) is 22.9. The Bertz CT molecular complexity index is 1740. The van der Waals surface area contributed by atoms with Gasteiger partial charge >= 0.3 is 6.18 Å². The van der Waals surface area contributed by atoms with Gasteiger partial charge in [-0.3, -0.25) is 9.59 Å². The smallest absolute Gasteiger partial charge is 0.322 e. The molecule has 0 saturated carbocycles. The molecule has 0 unspecified atom stereocenters. The van der Waals surface area contributed by atoms with Gasteiger partial charge in [0.2, 0.25) is 0 Å². The number of nitrogens with zero attached hydrogens (tertiary/aromatic N) is 2. The van der Waals surface area contributed by atoms with Gasteiger partial charge < -0.3 is 15.2 Å². The average Bonchev–Trinajstić information content (AvgIpc) is 3.47. The topological polar surface area (TPSA) is 86.9 Å². The molecule has 0 atom stereocenters. The summed E-state index contributed by atoms with van der Waals surface area (Å²) in [6.45, 7) is 3.73. The lowest BCUT2D eigenvalue weighted by molar-refractivity contribution is -0.137. The molecule has 0 aliphatic heterocycles. The van der Waals surface area contributed by atoms with Crippen LogP contribution in [0.1, 0.15) is 56.2 Å². The van der Waals surface area contributed by atoms with E-state index in [1.807, 2.05) is 60.9 Å². The molecule has 2 aromatic heterocycles. The van der Waals surface area contributed by atoms with Gasteiger partial charge in [-0.2, -0.15) is 18.4 Å². The van der Waals surface area contributed by atoms with Crippen molar-refractivity contribution in [3.8, 4) is 11.1 Å². The molecule has 5 rings (SSSR count). The standard InChI is InChI=1S/C32H27F3N4O2S/c1-19-15-21(16-22(18-36)29(40)38-25-12-8-9-23(17-25)32(33,34)35)20(2)39(19)31-28(26-13-6-7-14-27(26)42-31)30(41)37-24-10-4-3-5-11-24/h3-5,8-12,15-17H,6-7,13-14H2,1-2H3,(H,37,41)(H,38,40)/b22-16-. The summed E-state index contributed by atoms with van der Waals surface area (Å²) in [6.07, 6.45) is 0.606. The third-order valence-corrected chi connectivity index (χ3v) is 8.47. The predicted octanol–water partition coefficient (Wildman–Crippen LogP) is 7.85. The fourth-order valence-electron chi connectivity index (χ4n) is 5.18. The predicted molar refractivity (Wildman–Crippen MR) is 158 cm³/mol. The average molecular weight is 589 g/mol. The normalized spacial score (nSPS) is 13.3. The van der Waals surface area contributed by atoms with Crippen LogP contribution in [0.25, 0.3) is 11.1 Å². The largest absolute Gasteiger partial charge is 0.416 e. The molecular weight excluding hydrogens is 561 g/mol. The van der Waals surface area contributed by atoms with Crippen molar-refractivity contribution < 1.29 is 22.8 Å².